The predicted octanol–water partition coefficient (Wildman–Crippen LogP) is 25.2. The first kappa shape index (κ1) is 95.0. The summed E-state index contributed by atoms with van der Waals surface area (Å²) in [7, 11) is 3.73. The van der Waals surface area contributed by atoms with E-state index in [1.54, 1.807) is 17.1 Å². The van der Waals surface area contributed by atoms with E-state index in [9.17, 15) is 15.0 Å². The van der Waals surface area contributed by atoms with Crippen LogP contribution in [0.4, 0.5) is 9.59 Å². The van der Waals surface area contributed by atoms with Crippen LogP contribution in [0, 0.1) is 55.4 Å². The normalized spacial score (nSPS) is 13.2. The van der Waals surface area contributed by atoms with E-state index in [1.807, 2.05) is 17.1 Å². The molecule has 0 fully saturated rings. The molecule has 0 atom stereocenters. The maximum Gasteiger partial charge on any atom is 0.330 e. The van der Waals surface area contributed by atoms with Crippen LogP contribution in [0.2, 0.25) is 0 Å². The highest BCUT2D eigenvalue weighted by Gasteiger charge is 2.65. The maximum absolute atomic E-state index is 17.5. The molecule has 0 saturated carbocycles. The third-order valence-electron chi connectivity index (χ3n) is 24.3. The molecule has 4 amide bonds. The maximum atomic E-state index is 17.5. The standard InChI is InChI=1S/C102H144N6O4S4/c1-59-43-79(75(93(9,10)11)51-67(59)71-55-83(97(21,22)23)87(113)47-63(71)5)101(37-35-36-38-107(91(103)111)105(33)39-41-109,80-44-60(2)68(52-76(80)94(12,13)14)72-56-84(98(24,25)26)88(114)48-64(72)6)102(108(92(104)112)106(34)40-42-110,81-45-61(3)69(53-77(81)95(15,16)17)73-57-85(99(27,28)29)89(115)49-65(73)7)82-46-62(4)70(54-78(82)96(18,19)20)74-58-86(100(30,31)32)90(116)50-66(74)8/h43-58,109-110,113-116H,35-42H2,1-34H3,(H2,103,111)(H2,104,112). The SMILES string of the molecule is Cc1cc(S)c(C(C)(C)C)cc1-c1cc(C(C)(C)C)c(C(CCCCN(C(N)=O)N(C)CCO)(c2cc(C)c(-c3cc(C(C)(C)C)c(S)cc3C)cc2C(C)(C)C)C(c2cc(C)c(-c3cc(C(C)(C)C)c(S)cc3C)cc2C(C)(C)C)(c2cc(C)c(-c3cc(C(C)(C)C)c(S)cc3C)cc2C(C)(C)C)N(C(N)=O)N(C)CCO)cc1C. The minimum atomic E-state index is -1.87. The van der Waals surface area contributed by atoms with Crippen molar-refractivity contribution in [3.8, 4) is 44.5 Å². The zero-order valence-corrected chi connectivity index (χ0v) is 80.9. The number of carbonyl (C=O) groups excluding carboxylic acids is 2. The monoisotopic (exact) mass is 1650 g/mol. The second kappa shape index (κ2) is 34.2. The van der Waals surface area contributed by atoms with Crippen molar-refractivity contribution in [1.82, 2.24) is 20.0 Å². The van der Waals surface area contributed by atoms with Gasteiger partial charge in [0, 0.05) is 53.3 Å². The molecule has 0 heterocycles. The molecule has 14 heteroatoms. The van der Waals surface area contributed by atoms with Gasteiger partial charge in [-0.25, -0.2) is 24.6 Å². The third kappa shape index (κ3) is 18.8. The average Bonchev–Trinajstić information content (AvgIpc) is 0.662. The number of aryl methyl sites for hydroxylation is 8. The van der Waals surface area contributed by atoms with Crippen LogP contribution in [-0.4, -0.2) is 89.3 Å². The molecule has 0 aromatic heterocycles. The second-order valence-corrected chi connectivity index (χ2v) is 43.9. The van der Waals surface area contributed by atoms with Crippen molar-refractivity contribution < 1.29 is 19.8 Å². The third-order valence-corrected chi connectivity index (χ3v) is 25.8. The molecule has 0 bridgehead atoms. The Morgan fingerprint density at radius 2 is 0.509 bits per heavy atom. The molecule has 6 N–H and O–H groups in total. The van der Waals surface area contributed by atoms with Gasteiger partial charge in [-0.3, -0.25) is 5.01 Å². The van der Waals surface area contributed by atoms with Crippen molar-refractivity contribution in [2.45, 2.75) is 315 Å². The zero-order valence-electron chi connectivity index (χ0n) is 77.3. The fourth-order valence-corrected chi connectivity index (χ4v) is 20.7. The van der Waals surface area contributed by atoms with Crippen LogP contribution in [0.15, 0.2) is 117 Å². The number of unbranched alkanes of at least 4 members (excludes halogenated alkanes) is 1. The number of amides is 4. The van der Waals surface area contributed by atoms with E-state index < -0.39 is 44.7 Å². The highest BCUT2D eigenvalue weighted by Crippen LogP contribution is 2.65. The summed E-state index contributed by atoms with van der Waals surface area (Å²) in [6, 6.07) is 36.6. The summed E-state index contributed by atoms with van der Waals surface area (Å²) >= 11 is 20.9. The Hall–Kier alpha value is -6.46. The quantitative estimate of drug-likeness (QED) is 0.0205. The van der Waals surface area contributed by atoms with Crippen molar-refractivity contribution in [2.75, 3.05) is 46.9 Å². The molecule has 0 saturated heterocycles. The molecular formula is C102H144N6O4S4. The number of primary amides is 2. The van der Waals surface area contributed by atoms with Gasteiger partial charge in [-0.1, -0.05) is 209 Å². The molecule has 0 aliphatic rings. The first-order chi connectivity index (χ1) is 53.0. The zero-order chi connectivity index (χ0) is 87.9. The highest BCUT2D eigenvalue weighted by molar-refractivity contribution is 7.80. The van der Waals surface area contributed by atoms with Gasteiger partial charge >= 0.3 is 12.1 Å². The van der Waals surface area contributed by atoms with E-state index in [-0.39, 0.29) is 54.5 Å². The van der Waals surface area contributed by atoms with Crippen LogP contribution in [0.3, 0.4) is 0 Å². The largest absolute Gasteiger partial charge is 0.395 e. The van der Waals surface area contributed by atoms with Gasteiger partial charge in [-0.05, 0) is 328 Å². The lowest BCUT2D eigenvalue weighted by molar-refractivity contribution is -0.0731. The molecule has 8 rings (SSSR count). The van der Waals surface area contributed by atoms with E-state index in [0.717, 1.165) is 175 Å². The van der Waals surface area contributed by atoms with Crippen LogP contribution in [0.1, 0.15) is 297 Å². The molecule has 8 aromatic carbocycles. The van der Waals surface area contributed by atoms with E-state index >= 15 is 4.79 Å². The number of rotatable bonds is 21. The number of hydrazine groups is 2. The van der Waals surface area contributed by atoms with Gasteiger partial charge in [-0.15, -0.1) is 50.5 Å². The number of hydrogen-bond acceptors (Lipinski definition) is 10. The van der Waals surface area contributed by atoms with Gasteiger partial charge in [0.2, 0.25) is 0 Å². The van der Waals surface area contributed by atoms with Gasteiger partial charge in [-0.2, -0.15) is 0 Å². The second-order valence-electron chi connectivity index (χ2n) is 42.0. The number of aliphatic hydroxyl groups excluding tert-OH is 2. The fourth-order valence-electron chi connectivity index (χ4n) is 18.3. The van der Waals surface area contributed by atoms with Gasteiger partial charge in [0.05, 0.1) is 18.6 Å². The summed E-state index contributed by atoms with van der Waals surface area (Å²) in [5, 5.41) is 29.7. The topological polar surface area (TPSA) is 140 Å². The predicted molar refractivity (Wildman–Crippen MR) is 507 cm³/mol. The lowest BCUT2D eigenvalue weighted by atomic mass is 9.48. The Labute approximate surface area is 723 Å². The molecule has 0 spiro atoms. The molecule has 0 radical (unpaired) electrons. The van der Waals surface area contributed by atoms with Gasteiger partial charge in [0.1, 0.15) is 5.54 Å². The minimum absolute atomic E-state index is 0.00763. The lowest BCUT2D eigenvalue weighted by Gasteiger charge is -2.62. The van der Waals surface area contributed by atoms with Crippen molar-refractivity contribution in [1.29, 1.82) is 0 Å². The summed E-state index contributed by atoms with van der Waals surface area (Å²) < 4.78 is 0. The summed E-state index contributed by atoms with van der Waals surface area (Å²) in [6.07, 6.45) is 1.15. The van der Waals surface area contributed by atoms with Crippen molar-refractivity contribution in [2.24, 2.45) is 11.5 Å². The molecule has 10 nitrogen and oxygen atoms in total. The first-order valence-electron chi connectivity index (χ1n) is 41.8. The Balaban J connectivity index is 1.95. The van der Waals surface area contributed by atoms with Crippen LogP contribution >= 0.6 is 50.5 Å². The minimum Gasteiger partial charge on any atom is -0.395 e. The number of benzene rings is 8. The fraction of sp³-hybridized carbons (Fsp3) is 0.510. The number of hydrogen-bond donors (Lipinski definition) is 8. The first-order valence-corrected chi connectivity index (χ1v) is 43.6. The number of likely N-dealkylation sites (N-methyl/N-ethyl adjacent to an activating group) is 2. The number of aliphatic hydroxyl groups is 2. The van der Waals surface area contributed by atoms with E-state index in [2.05, 4.69) is 319 Å². The average molecular weight is 1650 g/mol. The van der Waals surface area contributed by atoms with Gasteiger partial charge < -0.3 is 21.7 Å². The van der Waals surface area contributed by atoms with Gasteiger partial charge in [0.25, 0.3) is 0 Å². The molecular weight excluding hydrogens is 1500 g/mol. The van der Waals surface area contributed by atoms with Crippen molar-refractivity contribution in [3.05, 3.63) is 208 Å². The van der Waals surface area contributed by atoms with Crippen LogP contribution in [0.5, 0.6) is 0 Å². The molecule has 630 valence electrons. The molecule has 8 aromatic rings. The van der Waals surface area contributed by atoms with Gasteiger partial charge in [0.15, 0.2) is 0 Å². The summed E-state index contributed by atoms with van der Waals surface area (Å²) in [4.78, 5) is 35.3. The number of carbonyl (C=O) groups is 2. The molecule has 0 unspecified atom stereocenters. The Kier molecular flexibility index (Phi) is 28.0. The van der Waals surface area contributed by atoms with E-state index in [1.165, 1.54) is 0 Å². The summed E-state index contributed by atoms with van der Waals surface area (Å²) in [5.74, 6) is 0. The highest BCUT2D eigenvalue weighted by atomic mass is 32.1. The summed E-state index contributed by atoms with van der Waals surface area (Å²) in [5.41, 5.74) is 36.2. The molecule has 0 aliphatic heterocycles. The molecule has 116 heavy (non-hydrogen) atoms. The summed E-state index contributed by atoms with van der Waals surface area (Å²) in [6.45, 7) is 72.4. The Morgan fingerprint density at radius 3 is 0.733 bits per heavy atom. The number of nitrogens with zero attached hydrogens (tertiary/aromatic N) is 4. The van der Waals surface area contributed by atoms with E-state index in [0.29, 0.717) is 19.3 Å². The van der Waals surface area contributed by atoms with E-state index in [4.69, 9.17) is 62.0 Å². The van der Waals surface area contributed by atoms with Crippen molar-refractivity contribution in [3.63, 3.8) is 0 Å². The lowest BCUT2D eigenvalue weighted by Crippen LogP contribution is -2.69. The number of nitrogens with two attached hydrogens (primary N) is 2. The number of urea groups is 2. The smallest absolute Gasteiger partial charge is 0.330 e. The molecule has 0 aliphatic carbocycles. The van der Waals surface area contributed by atoms with Crippen molar-refractivity contribution >= 4 is 62.6 Å². The Morgan fingerprint density at radius 1 is 0.293 bits per heavy atom. The van der Waals surface area contributed by atoms with Crippen LogP contribution in [0.25, 0.3) is 44.5 Å². The van der Waals surface area contributed by atoms with Crippen LogP contribution < -0.4 is 11.5 Å². The Bertz CT molecular complexity index is 4770. The number of thiol groups is 4. The van der Waals surface area contributed by atoms with Crippen LogP contribution in [-0.2, 0) is 54.3 Å².